The van der Waals surface area contributed by atoms with E-state index < -0.39 is 6.04 Å². The van der Waals surface area contributed by atoms with E-state index in [4.69, 9.17) is 11.6 Å². The summed E-state index contributed by atoms with van der Waals surface area (Å²) in [5.74, 6) is -0.320. The van der Waals surface area contributed by atoms with Gasteiger partial charge in [0.1, 0.15) is 17.6 Å². The van der Waals surface area contributed by atoms with Crippen molar-refractivity contribution in [1.29, 1.82) is 5.26 Å². The van der Waals surface area contributed by atoms with Crippen molar-refractivity contribution in [2.75, 3.05) is 10.6 Å². The highest BCUT2D eigenvalue weighted by Crippen LogP contribution is 2.38. The second-order valence-electron chi connectivity index (χ2n) is 8.81. The monoisotopic (exact) mass is 530 g/mol. The van der Waals surface area contributed by atoms with Gasteiger partial charge in [-0.2, -0.15) is 5.26 Å². The number of aromatic nitrogens is 5. The maximum Gasteiger partial charge on any atom is 0.123 e. The van der Waals surface area contributed by atoms with E-state index in [1.54, 1.807) is 42.2 Å². The number of fused-ring (bicyclic) bond motifs is 1. The molecule has 1 aliphatic carbocycles. The van der Waals surface area contributed by atoms with Crippen LogP contribution in [0.25, 0.3) is 10.9 Å². The summed E-state index contributed by atoms with van der Waals surface area (Å²) in [6.07, 6.45) is 7.42. The van der Waals surface area contributed by atoms with Gasteiger partial charge in [0.15, 0.2) is 0 Å². The van der Waals surface area contributed by atoms with Gasteiger partial charge in [0, 0.05) is 27.7 Å². The topological polar surface area (TPSA) is 104 Å². The molecule has 0 spiro atoms. The molecule has 5 aromatic rings. The number of hydrogen-bond donors (Lipinski definition) is 2. The fourth-order valence-electron chi connectivity index (χ4n) is 4.24. The molecule has 37 heavy (non-hydrogen) atoms. The average molecular weight is 531 g/mol. The molecule has 1 aliphatic rings. The molecule has 0 bridgehead atoms. The number of anilines is 2. The molecule has 3 aromatic heterocycles. The van der Waals surface area contributed by atoms with Crippen LogP contribution in [0, 0.1) is 17.1 Å². The maximum absolute atomic E-state index is 13.7. The highest BCUT2D eigenvalue weighted by molar-refractivity contribution is 7.09. The summed E-state index contributed by atoms with van der Waals surface area (Å²) in [4.78, 5) is 9.75. The number of rotatable bonds is 8. The van der Waals surface area contributed by atoms with Crippen LogP contribution in [0.2, 0.25) is 5.02 Å². The largest absolute Gasteiger partial charge is 0.378 e. The molecule has 2 N–H and O–H groups in total. The smallest absolute Gasteiger partial charge is 0.123 e. The lowest BCUT2D eigenvalue weighted by Crippen LogP contribution is -2.14. The molecule has 0 saturated heterocycles. The summed E-state index contributed by atoms with van der Waals surface area (Å²) in [6.45, 7) is 0.510. The Bertz CT molecular complexity index is 1610. The molecule has 2 aromatic carbocycles. The van der Waals surface area contributed by atoms with Crippen LogP contribution < -0.4 is 10.6 Å². The lowest BCUT2D eigenvalue weighted by Gasteiger charge is -2.20. The first-order valence-electron chi connectivity index (χ1n) is 11.7. The number of nitrogens with one attached hydrogen (secondary N) is 2. The predicted molar refractivity (Wildman–Crippen MR) is 141 cm³/mol. The van der Waals surface area contributed by atoms with Gasteiger partial charge in [-0.05, 0) is 42.7 Å². The Kier molecular flexibility index (Phi) is 6.16. The maximum atomic E-state index is 13.7. The third-order valence-electron chi connectivity index (χ3n) is 6.23. The Labute approximate surface area is 220 Å². The SMILES string of the molecule is N#Cc1cnc2c(N[C@@H](c3ccc(F)cc3)c3cn(C4CC4)nn3)cc(Cl)cc2c1NCc1cncs1. The lowest BCUT2D eigenvalue weighted by molar-refractivity contribution is 0.610. The first-order valence-corrected chi connectivity index (χ1v) is 12.9. The van der Waals surface area contributed by atoms with E-state index in [0.29, 0.717) is 51.1 Å². The van der Waals surface area contributed by atoms with Gasteiger partial charge in [0.25, 0.3) is 0 Å². The Hall–Kier alpha value is -4.07. The van der Waals surface area contributed by atoms with Gasteiger partial charge in [-0.3, -0.25) is 9.97 Å². The summed E-state index contributed by atoms with van der Waals surface area (Å²) in [5, 5.41) is 26.6. The molecule has 8 nitrogen and oxygen atoms in total. The highest BCUT2D eigenvalue weighted by atomic mass is 35.5. The number of hydrogen-bond acceptors (Lipinski definition) is 8. The zero-order valence-electron chi connectivity index (χ0n) is 19.4. The molecular weight excluding hydrogens is 511 g/mol. The second kappa shape index (κ2) is 9.76. The summed E-state index contributed by atoms with van der Waals surface area (Å²) in [7, 11) is 0. The van der Waals surface area contributed by atoms with Crippen LogP contribution >= 0.6 is 22.9 Å². The molecule has 1 atom stereocenters. The van der Waals surface area contributed by atoms with Crippen molar-refractivity contribution in [1.82, 2.24) is 25.0 Å². The second-order valence-corrected chi connectivity index (χ2v) is 10.2. The summed E-state index contributed by atoms with van der Waals surface area (Å²) >= 11 is 8.10. The van der Waals surface area contributed by atoms with Crippen LogP contribution in [0.3, 0.4) is 0 Å². The minimum atomic E-state index is -0.430. The third kappa shape index (κ3) is 4.83. The molecule has 1 saturated carbocycles. The molecule has 0 aliphatic heterocycles. The number of nitrogens with zero attached hydrogens (tertiary/aromatic N) is 6. The Morgan fingerprint density at radius 3 is 2.78 bits per heavy atom. The molecule has 0 unspecified atom stereocenters. The van der Waals surface area contributed by atoms with Crippen molar-refractivity contribution in [3.05, 3.63) is 93.0 Å². The first kappa shape index (κ1) is 23.3. The van der Waals surface area contributed by atoms with Gasteiger partial charge < -0.3 is 10.6 Å². The predicted octanol–water partition coefficient (Wildman–Crippen LogP) is 6.10. The van der Waals surface area contributed by atoms with Gasteiger partial charge in [0.05, 0.1) is 52.8 Å². The standard InChI is InChI=1S/C26H20ClFN8S/c27-17-7-21-24(32-12-20-11-30-14-37-20)16(9-29)10-31-26(21)22(8-17)33-25(15-1-3-18(28)4-2-15)23-13-36(35-34-23)19-5-6-19/h1-4,7-8,10-11,13-14,19,25,33H,5-6,12H2,(H,31,32)/t25-/m0/s1. The molecular formula is C26H20ClFN8S. The summed E-state index contributed by atoms with van der Waals surface area (Å²) in [6, 6.07) is 12.0. The summed E-state index contributed by atoms with van der Waals surface area (Å²) < 4.78 is 15.6. The van der Waals surface area contributed by atoms with Gasteiger partial charge in [-0.15, -0.1) is 16.4 Å². The van der Waals surface area contributed by atoms with Gasteiger partial charge in [0.2, 0.25) is 0 Å². The quantitative estimate of drug-likeness (QED) is 0.250. The fourth-order valence-corrected chi connectivity index (χ4v) is 4.99. The van der Waals surface area contributed by atoms with E-state index in [0.717, 1.165) is 23.3 Å². The van der Waals surface area contributed by atoms with Crippen molar-refractivity contribution in [3.63, 3.8) is 0 Å². The Morgan fingerprint density at radius 2 is 2.05 bits per heavy atom. The van der Waals surface area contributed by atoms with Gasteiger partial charge in [-0.1, -0.05) is 28.9 Å². The average Bonchev–Trinajstić information content (AvgIpc) is 3.40. The minimum absolute atomic E-state index is 0.320. The van der Waals surface area contributed by atoms with Crippen LogP contribution in [0.4, 0.5) is 15.8 Å². The van der Waals surface area contributed by atoms with Crippen LogP contribution in [-0.4, -0.2) is 25.0 Å². The zero-order chi connectivity index (χ0) is 25.4. The van der Waals surface area contributed by atoms with E-state index in [9.17, 15) is 9.65 Å². The van der Waals surface area contributed by atoms with Crippen molar-refractivity contribution in [3.8, 4) is 6.07 Å². The number of nitriles is 1. The normalized spacial score (nSPS) is 13.9. The third-order valence-corrected chi connectivity index (χ3v) is 7.23. The number of halogens is 2. The number of pyridine rings is 1. The van der Waals surface area contributed by atoms with Crippen LogP contribution in [-0.2, 0) is 6.54 Å². The minimum Gasteiger partial charge on any atom is -0.378 e. The van der Waals surface area contributed by atoms with E-state index in [1.165, 1.54) is 23.5 Å². The van der Waals surface area contributed by atoms with Crippen LogP contribution in [0.5, 0.6) is 0 Å². The molecule has 184 valence electrons. The van der Waals surface area contributed by atoms with Crippen LogP contribution in [0.1, 0.15) is 46.6 Å². The van der Waals surface area contributed by atoms with Gasteiger partial charge >= 0.3 is 0 Å². The molecule has 11 heteroatoms. The van der Waals surface area contributed by atoms with Crippen molar-refractivity contribution < 1.29 is 4.39 Å². The van der Waals surface area contributed by atoms with Crippen molar-refractivity contribution >= 4 is 45.2 Å². The fraction of sp³-hybridized carbons (Fsp3) is 0.192. The number of benzene rings is 2. The van der Waals surface area contributed by atoms with Gasteiger partial charge in [-0.25, -0.2) is 9.07 Å². The summed E-state index contributed by atoms with van der Waals surface area (Å²) in [5.41, 5.74) is 5.62. The Morgan fingerprint density at radius 1 is 1.22 bits per heavy atom. The van der Waals surface area contributed by atoms with E-state index in [-0.39, 0.29) is 5.82 Å². The zero-order valence-corrected chi connectivity index (χ0v) is 21.0. The number of thiazole rings is 1. The van der Waals surface area contributed by atoms with Crippen LogP contribution in [0.15, 0.2) is 60.5 Å². The van der Waals surface area contributed by atoms with E-state index in [2.05, 4.69) is 37.0 Å². The van der Waals surface area contributed by atoms with Crippen molar-refractivity contribution in [2.45, 2.75) is 31.5 Å². The molecule has 1 fully saturated rings. The van der Waals surface area contributed by atoms with E-state index in [1.807, 2.05) is 10.9 Å². The first-order chi connectivity index (χ1) is 18.1. The highest BCUT2D eigenvalue weighted by Gasteiger charge is 2.27. The molecule has 3 heterocycles. The van der Waals surface area contributed by atoms with Crippen molar-refractivity contribution in [2.24, 2.45) is 0 Å². The molecule has 0 amide bonds. The van der Waals surface area contributed by atoms with E-state index >= 15 is 0 Å². The Balaban J connectivity index is 1.43. The molecule has 0 radical (unpaired) electrons. The molecule has 6 rings (SSSR count). The lowest BCUT2D eigenvalue weighted by atomic mass is 10.0.